The number of carbonyl (C=O) groups is 8. The molecule has 8 atom stereocenters. The van der Waals surface area contributed by atoms with Crippen LogP contribution in [0.15, 0.2) is 60.8 Å². The molecule has 1 aromatic heterocycles. The van der Waals surface area contributed by atoms with E-state index in [4.69, 9.17) is 33.4 Å². The van der Waals surface area contributed by atoms with Gasteiger partial charge in [-0.15, -0.1) is 0 Å². The average Bonchev–Trinajstić information content (AvgIpc) is 3.86. The van der Waals surface area contributed by atoms with E-state index in [1.807, 2.05) is 18.2 Å². The molecule has 4 rings (SSSR count). The molecule has 0 radical (unpaired) electrons. The molecule has 2 heterocycles. The Balaban J connectivity index is 1.78. The quantitative estimate of drug-likeness (QED) is 0.0307. The predicted molar refractivity (Wildman–Crippen MR) is 294 cm³/mol. The Morgan fingerprint density at radius 3 is 1.97 bits per heavy atom. The number of aliphatic carboxylic acids is 1. The van der Waals surface area contributed by atoms with Gasteiger partial charge in [0, 0.05) is 56.6 Å². The van der Waals surface area contributed by atoms with Crippen molar-refractivity contribution >= 4 is 76.1 Å². The van der Waals surface area contributed by atoms with E-state index in [0.717, 1.165) is 10.9 Å². The molecule has 7 amide bonds. The summed E-state index contributed by atoms with van der Waals surface area (Å²) in [6.45, 7) is 1.63. The van der Waals surface area contributed by atoms with E-state index >= 15 is 0 Å². The van der Waals surface area contributed by atoms with Crippen molar-refractivity contribution in [3.63, 3.8) is 0 Å². The van der Waals surface area contributed by atoms with Crippen LogP contribution < -0.4 is 75.7 Å². The highest BCUT2D eigenvalue weighted by atomic mass is 16.4. The normalized spacial score (nSPS) is 21.7. The molecular formula is C51H78N18O10. The van der Waals surface area contributed by atoms with E-state index in [1.165, 1.54) is 6.92 Å². The second kappa shape index (κ2) is 32.9. The Bertz CT molecular complexity index is 2570. The molecule has 0 aliphatic carbocycles. The largest absolute Gasteiger partial charge is 0.480 e. The molecule has 23 N–H and O–H groups in total. The summed E-state index contributed by atoms with van der Waals surface area (Å²) in [6.07, 6.45) is 0.539. The van der Waals surface area contributed by atoms with Gasteiger partial charge in [0.25, 0.3) is 0 Å². The molecule has 0 spiro atoms. The summed E-state index contributed by atoms with van der Waals surface area (Å²) in [4.78, 5) is 114. The number of para-hydroxylation sites is 1. The number of H-pyrrole nitrogens is 1. The van der Waals surface area contributed by atoms with Crippen molar-refractivity contribution in [2.24, 2.45) is 17.2 Å². The SMILES string of the molecule is CC(=O)N[C@@H](CCCNC(=N)N)C(=O)N[C@H]1CC(=O)NCCCCC[C@@H](C(=O)O)NC(=O)[C@H](Cc2c[nH]c3ccccc23)NC(=O)[C@H](CCCNC(=N)N)NC(=O)[C@@H](Cc2ccccc2)NC(O)[C@H](CCCNC(=N)N)NC1=O. The third-order valence-electron chi connectivity index (χ3n) is 12.8. The van der Waals surface area contributed by atoms with Crippen LogP contribution >= 0.6 is 0 Å². The second-order valence-corrected chi connectivity index (χ2v) is 19.2. The lowest BCUT2D eigenvalue weighted by Gasteiger charge is -2.31. The third-order valence-corrected chi connectivity index (χ3v) is 12.8. The Morgan fingerprint density at radius 2 is 1.32 bits per heavy atom. The number of rotatable bonds is 20. The number of aromatic nitrogens is 1. The summed E-state index contributed by atoms with van der Waals surface area (Å²) in [6, 6.07) is 6.32. The number of aromatic amines is 1. The van der Waals surface area contributed by atoms with E-state index in [2.05, 4.69) is 63.5 Å². The summed E-state index contributed by atoms with van der Waals surface area (Å²) < 4.78 is 0. The van der Waals surface area contributed by atoms with Crippen molar-refractivity contribution < 1.29 is 48.6 Å². The van der Waals surface area contributed by atoms with Crippen molar-refractivity contribution in [2.45, 2.75) is 139 Å². The van der Waals surface area contributed by atoms with Gasteiger partial charge < -0.3 is 85.6 Å². The highest BCUT2D eigenvalue weighted by Crippen LogP contribution is 2.20. The number of nitrogens with one attached hydrogen (secondary N) is 15. The number of amides is 7. The maximum absolute atomic E-state index is 14.8. The van der Waals surface area contributed by atoms with Crippen molar-refractivity contribution in [3.05, 3.63) is 71.9 Å². The molecule has 0 saturated carbocycles. The minimum atomic E-state index is -1.77. The smallest absolute Gasteiger partial charge is 0.326 e. The molecular weight excluding hydrogens is 1020 g/mol. The molecule has 1 saturated heterocycles. The zero-order valence-electron chi connectivity index (χ0n) is 44.3. The standard InChI is InChI=1S/C51H78N18O10/c1-29(70)63-34(18-10-22-59-49(52)53)42(72)69-40-27-41(71)58-21-9-3-6-17-37(48(78)79)66-46(76)39(26-31-28-62-33-16-8-7-15-32(31)33)68-44(74)36(20-12-24-61-51(56)57)64-45(75)38(25-30-13-4-2-5-14-30)67-43(73)35(65-47(40)77)19-11-23-60-50(54)55/h2,4-5,7-8,13-16,28,34-40,43,62,67,73H,3,6,9-12,17-27H2,1H3,(H,58,71)(H,63,70)(H,64,75)(H,65,77)(H,66,76)(H,68,74)(H,69,72)(H,78,79)(H4,52,53,59)(H4,54,55,60)(H4,56,57,61)/t34-,35-,36-,37-,38+,39-,40-,43?/m0/s1. The molecule has 28 heteroatoms. The maximum Gasteiger partial charge on any atom is 0.326 e. The van der Waals surface area contributed by atoms with Gasteiger partial charge in [0.1, 0.15) is 36.4 Å². The van der Waals surface area contributed by atoms with E-state index < -0.39 is 102 Å². The van der Waals surface area contributed by atoms with E-state index in [0.29, 0.717) is 24.0 Å². The Kier molecular flexibility index (Phi) is 26.3. The van der Waals surface area contributed by atoms with Crippen molar-refractivity contribution in [1.82, 2.24) is 63.5 Å². The predicted octanol–water partition coefficient (Wildman–Crippen LogP) is -2.89. The molecule has 1 fully saturated rings. The Morgan fingerprint density at radius 1 is 0.709 bits per heavy atom. The lowest BCUT2D eigenvalue weighted by Crippen LogP contribution is -2.62. The number of benzene rings is 2. The molecule has 2 aromatic carbocycles. The van der Waals surface area contributed by atoms with Crippen LogP contribution in [0.5, 0.6) is 0 Å². The molecule has 0 bridgehead atoms. The van der Waals surface area contributed by atoms with Gasteiger partial charge in [-0.25, -0.2) is 4.79 Å². The van der Waals surface area contributed by atoms with Gasteiger partial charge in [-0.2, -0.15) is 0 Å². The van der Waals surface area contributed by atoms with Gasteiger partial charge in [0.15, 0.2) is 17.9 Å². The topological polar surface area (TPSA) is 475 Å². The van der Waals surface area contributed by atoms with E-state index in [9.17, 15) is 48.6 Å². The highest BCUT2D eigenvalue weighted by Gasteiger charge is 2.35. The first kappa shape index (κ1) is 63.0. The number of fused-ring (bicyclic) bond motifs is 1. The Hall–Kier alpha value is -8.53. The first-order valence-electron chi connectivity index (χ1n) is 26.3. The maximum atomic E-state index is 14.8. The van der Waals surface area contributed by atoms with E-state index in [1.54, 1.807) is 42.6 Å². The molecule has 79 heavy (non-hydrogen) atoms. The number of guanidine groups is 3. The number of carbonyl (C=O) groups excluding carboxylic acids is 7. The van der Waals surface area contributed by atoms with Crippen LogP contribution in [-0.2, 0) is 51.2 Å². The fraction of sp³-hybridized carbons (Fsp3) is 0.510. The van der Waals surface area contributed by atoms with Crippen LogP contribution in [0.2, 0.25) is 0 Å². The number of aliphatic hydroxyl groups excluding tert-OH is 1. The summed E-state index contributed by atoms with van der Waals surface area (Å²) in [5, 5.41) is 75.4. The average molecular weight is 1100 g/mol. The van der Waals surface area contributed by atoms with Crippen LogP contribution in [0, 0.1) is 16.2 Å². The number of nitrogens with two attached hydrogens (primary N) is 3. The number of carboxylic acids is 1. The fourth-order valence-electron chi connectivity index (χ4n) is 8.80. The molecule has 432 valence electrons. The highest BCUT2D eigenvalue weighted by molar-refractivity contribution is 5.96. The van der Waals surface area contributed by atoms with Crippen LogP contribution in [0.1, 0.15) is 88.7 Å². The van der Waals surface area contributed by atoms with Crippen molar-refractivity contribution in [3.8, 4) is 0 Å². The lowest BCUT2D eigenvalue weighted by molar-refractivity contribution is -0.142. The van der Waals surface area contributed by atoms with E-state index in [-0.39, 0.29) is 108 Å². The third kappa shape index (κ3) is 22.9. The fourth-order valence-corrected chi connectivity index (χ4v) is 8.80. The van der Waals surface area contributed by atoms with Crippen LogP contribution in [0.3, 0.4) is 0 Å². The minimum Gasteiger partial charge on any atom is -0.480 e. The number of hydrogen-bond acceptors (Lipinski definition) is 13. The van der Waals surface area contributed by atoms with Gasteiger partial charge in [-0.1, -0.05) is 61.4 Å². The first-order valence-corrected chi connectivity index (χ1v) is 26.3. The summed E-state index contributed by atoms with van der Waals surface area (Å²) >= 11 is 0. The molecule has 1 aliphatic heterocycles. The van der Waals surface area contributed by atoms with Gasteiger partial charge in [-0.05, 0) is 75.0 Å². The monoisotopic (exact) mass is 1100 g/mol. The van der Waals surface area contributed by atoms with Gasteiger partial charge in [-0.3, -0.25) is 55.1 Å². The summed E-state index contributed by atoms with van der Waals surface area (Å²) in [7, 11) is 0. The summed E-state index contributed by atoms with van der Waals surface area (Å²) in [5.41, 5.74) is 18.4. The van der Waals surface area contributed by atoms with Gasteiger partial charge in [0.2, 0.25) is 41.4 Å². The molecule has 3 aromatic rings. The zero-order chi connectivity index (χ0) is 57.9. The van der Waals surface area contributed by atoms with Crippen LogP contribution in [-0.4, -0.2) is 155 Å². The van der Waals surface area contributed by atoms with Crippen molar-refractivity contribution in [1.29, 1.82) is 16.2 Å². The second-order valence-electron chi connectivity index (χ2n) is 19.2. The number of aliphatic hydroxyl groups is 1. The number of carboxylic acid groups (broad SMARTS) is 1. The van der Waals surface area contributed by atoms with Gasteiger partial charge >= 0.3 is 5.97 Å². The summed E-state index contributed by atoms with van der Waals surface area (Å²) in [5.74, 6) is -7.80. The van der Waals surface area contributed by atoms with Gasteiger partial charge in [0.05, 0.1) is 18.5 Å². The Labute approximate surface area is 457 Å². The lowest BCUT2D eigenvalue weighted by atomic mass is 10.0. The first-order chi connectivity index (χ1) is 37.7. The molecule has 28 nitrogen and oxygen atoms in total. The van der Waals surface area contributed by atoms with Crippen LogP contribution in [0.25, 0.3) is 10.9 Å². The molecule has 1 aliphatic rings. The van der Waals surface area contributed by atoms with Crippen LogP contribution in [0.4, 0.5) is 0 Å². The van der Waals surface area contributed by atoms with Crippen molar-refractivity contribution in [2.75, 3.05) is 26.2 Å². The minimum absolute atomic E-state index is 0.0291. The molecule has 1 unspecified atom stereocenters. The zero-order valence-corrected chi connectivity index (χ0v) is 44.3. The number of hydrogen-bond donors (Lipinski definition) is 20.